The highest BCUT2D eigenvalue weighted by Gasteiger charge is 2.38. The van der Waals surface area contributed by atoms with Gasteiger partial charge in [-0.2, -0.15) is 0 Å². The highest BCUT2D eigenvalue weighted by atomic mass is 16.5. The van der Waals surface area contributed by atoms with Gasteiger partial charge in [-0.25, -0.2) is 0 Å². The molecular weight excluding hydrogens is 218 g/mol. The SMILES string of the molecule is CCC1CN(C(=O)C(C)(CC)OC)CCC1O. The average Bonchev–Trinajstić information content (AvgIpc) is 2.37. The third kappa shape index (κ3) is 2.99. The molecule has 100 valence electrons. The van der Waals surface area contributed by atoms with Crippen LogP contribution in [0.15, 0.2) is 0 Å². The van der Waals surface area contributed by atoms with E-state index < -0.39 is 5.60 Å². The first-order valence-electron chi connectivity index (χ1n) is 6.51. The van der Waals surface area contributed by atoms with E-state index in [4.69, 9.17) is 4.74 Å². The van der Waals surface area contributed by atoms with Crippen LogP contribution in [0.5, 0.6) is 0 Å². The number of methoxy groups -OCH3 is 1. The van der Waals surface area contributed by atoms with E-state index in [1.54, 1.807) is 7.11 Å². The maximum Gasteiger partial charge on any atom is 0.254 e. The molecule has 3 unspecified atom stereocenters. The van der Waals surface area contributed by atoms with Crippen molar-refractivity contribution in [2.75, 3.05) is 20.2 Å². The summed E-state index contributed by atoms with van der Waals surface area (Å²) in [6.45, 7) is 7.13. The highest BCUT2D eigenvalue weighted by Crippen LogP contribution is 2.24. The number of rotatable bonds is 4. The van der Waals surface area contributed by atoms with Crippen LogP contribution in [0.1, 0.15) is 40.0 Å². The van der Waals surface area contributed by atoms with E-state index in [0.29, 0.717) is 25.9 Å². The predicted molar refractivity (Wildman–Crippen MR) is 66.7 cm³/mol. The first-order valence-corrected chi connectivity index (χ1v) is 6.51. The quantitative estimate of drug-likeness (QED) is 0.812. The first kappa shape index (κ1) is 14.5. The van der Waals surface area contributed by atoms with Gasteiger partial charge < -0.3 is 14.7 Å². The molecule has 1 aliphatic rings. The molecule has 4 nitrogen and oxygen atoms in total. The number of amides is 1. The van der Waals surface area contributed by atoms with Crippen molar-refractivity contribution in [1.82, 2.24) is 4.90 Å². The second-order valence-electron chi connectivity index (χ2n) is 5.06. The number of carbonyl (C=O) groups excluding carboxylic acids is 1. The topological polar surface area (TPSA) is 49.8 Å². The Kier molecular flexibility index (Phi) is 4.95. The van der Waals surface area contributed by atoms with E-state index in [2.05, 4.69) is 6.92 Å². The van der Waals surface area contributed by atoms with E-state index in [-0.39, 0.29) is 17.9 Å². The smallest absolute Gasteiger partial charge is 0.254 e. The van der Waals surface area contributed by atoms with Crippen molar-refractivity contribution in [3.05, 3.63) is 0 Å². The second-order valence-corrected chi connectivity index (χ2v) is 5.06. The van der Waals surface area contributed by atoms with Crippen LogP contribution in [0.4, 0.5) is 0 Å². The molecule has 3 atom stereocenters. The zero-order valence-electron chi connectivity index (χ0n) is 11.4. The molecule has 1 saturated heterocycles. The fourth-order valence-corrected chi connectivity index (χ4v) is 2.32. The van der Waals surface area contributed by atoms with E-state index in [0.717, 1.165) is 6.42 Å². The zero-order chi connectivity index (χ0) is 13.1. The molecule has 1 N–H and O–H groups in total. The van der Waals surface area contributed by atoms with Crippen LogP contribution in [0.3, 0.4) is 0 Å². The van der Waals surface area contributed by atoms with E-state index in [9.17, 15) is 9.90 Å². The van der Waals surface area contributed by atoms with Gasteiger partial charge in [0.1, 0.15) is 5.60 Å². The minimum Gasteiger partial charge on any atom is -0.393 e. The number of carbonyl (C=O) groups is 1. The summed E-state index contributed by atoms with van der Waals surface area (Å²) in [5.41, 5.74) is -0.722. The fourth-order valence-electron chi connectivity index (χ4n) is 2.32. The van der Waals surface area contributed by atoms with Crippen molar-refractivity contribution in [3.63, 3.8) is 0 Å². The summed E-state index contributed by atoms with van der Waals surface area (Å²) in [6.07, 6.45) is 1.98. The average molecular weight is 243 g/mol. The van der Waals surface area contributed by atoms with Gasteiger partial charge in [0, 0.05) is 26.1 Å². The minimum absolute atomic E-state index is 0.0489. The Balaban J connectivity index is 2.70. The number of piperidine rings is 1. The van der Waals surface area contributed by atoms with E-state index in [1.807, 2.05) is 18.7 Å². The molecule has 0 aromatic rings. The normalized spacial score (nSPS) is 28.9. The van der Waals surface area contributed by atoms with Crippen molar-refractivity contribution < 1.29 is 14.6 Å². The van der Waals surface area contributed by atoms with Gasteiger partial charge in [0.05, 0.1) is 6.10 Å². The van der Waals surface area contributed by atoms with Crippen molar-refractivity contribution in [3.8, 4) is 0 Å². The molecule has 0 saturated carbocycles. The molecule has 1 aliphatic heterocycles. The summed E-state index contributed by atoms with van der Waals surface area (Å²) in [6, 6.07) is 0. The molecule has 4 heteroatoms. The molecule has 1 amide bonds. The van der Waals surface area contributed by atoms with Gasteiger partial charge in [0.15, 0.2) is 0 Å². The van der Waals surface area contributed by atoms with Crippen LogP contribution in [0.2, 0.25) is 0 Å². The second kappa shape index (κ2) is 5.83. The molecular formula is C13H25NO3. The molecule has 1 heterocycles. The van der Waals surface area contributed by atoms with Gasteiger partial charge in [-0.05, 0) is 26.2 Å². The van der Waals surface area contributed by atoms with Gasteiger partial charge in [-0.1, -0.05) is 13.8 Å². The predicted octanol–water partition coefficient (Wildman–Crippen LogP) is 1.42. The molecule has 1 fully saturated rings. The maximum absolute atomic E-state index is 12.4. The lowest BCUT2D eigenvalue weighted by molar-refractivity contribution is -0.157. The standard InChI is InChI=1S/C13H25NO3/c1-5-10-9-14(8-7-11(10)15)12(16)13(3,6-2)17-4/h10-11,15H,5-9H2,1-4H3. The highest BCUT2D eigenvalue weighted by molar-refractivity contribution is 5.84. The van der Waals surface area contributed by atoms with Gasteiger partial charge in [0.2, 0.25) is 0 Å². The van der Waals surface area contributed by atoms with Crippen LogP contribution >= 0.6 is 0 Å². The van der Waals surface area contributed by atoms with Gasteiger partial charge >= 0.3 is 0 Å². The zero-order valence-corrected chi connectivity index (χ0v) is 11.4. The summed E-state index contributed by atoms with van der Waals surface area (Å²) < 4.78 is 5.34. The lowest BCUT2D eigenvalue weighted by Crippen LogP contribution is -2.53. The monoisotopic (exact) mass is 243 g/mol. The number of hydrogen-bond donors (Lipinski definition) is 1. The molecule has 0 aliphatic carbocycles. The third-order valence-electron chi connectivity index (χ3n) is 4.08. The number of aliphatic hydroxyl groups excluding tert-OH is 1. The van der Waals surface area contributed by atoms with Crippen molar-refractivity contribution in [2.24, 2.45) is 5.92 Å². The fraction of sp³-hybridized carbons (Fsp3) is 0.923. The first-order chi connectivity index (χ1) is 7.98. The van der Waals surface area contributed by atoms with Gasteiger partial charge in [-0.3, -0.25) is 4.79 Å². The Hall–Kier alpha value is -0.610. The van der Waals surface area contributed by atoms with Crippen molar-refractivity contribution >= 4 is 5.91 Å². The number of ether oxygens (including phenoxy) is 1. The summed E-state index contributed by atoms with van der Waals surface area (Å²) in [7, 11) is 1.58. The third-order valence-corrected chi connectivity index (χ3v) is 4.08. The summed E-state index contributed by atoms with van der Waals surface area (Å²) >= 11 is 0. The number of hydrogen-bond acceptors (Lipinski definition) is 3. The molecule has 0 aromatic heterocycles. The van der Waals surface area contributed by atoms with Crippen LogP contribution in [0.25, 0.3) is 0 Å². The van der Waals surface area contributed by atoms with Crippen LogP contribution in [-0.2, 0) is 9.53 Å². The maximum atomic E-state index is 12.4. The summed E-state index contributed by atoms with van der Waals surface area (Å²) in [5.74, 6) is 0.249. The van der Waals surface area contributed by atoms with Crippen LogP contribution in [-0.4, -0.2) is 47.8 Å². The minimum atomic E-state index is -0.722. The lowest BCUT2D eigenvalue weighted by Gasteiger charge is -2.40. The Morgan fingerprint density at radius 1 is 1.53 bits per heavy atom. The van der Waals surface area contributed by atoms with Gasteiger partial charge in [-0.15, -0.1) is 0 Å². The molecule has 1 rings (SSSR count). The van der Waals surface area contributed by atoms with E-state index in [1.165, 1.54) is 0 Å². The molecule has 0 radical (unpaired) electrons. The molecule has 0 aromatic carbocycles. The van der Waals surface area contributed by atoms with Crippen LogP contribution < -0.4 is 0 Å². The Morgan fingerprint density at radius 2 is 2.18 bits per heavy atom. The number of nitrogens with zero attached hydrogens (tertiary/aromatic N) is 1. The number of aliphatic hydroxyl groups is 1. The van der Waals surface area contributed by atoms with E-state index >= 15 is 0 Å². The summed E-state index contributed by atoms with van der Waals surface area (Å²) in [4.78, 5) is 14.2. The molecule has 17 heavy (non-hydrogen) atoms. The largest absolute Gasteiger partial charge is 0.393 e. The molecule has 0 bridgehead atoms. The Morgan fingerprint density at radius 3 is 2.65 bits per heavy atom. The molecule has 0 spiro atoms. The number of likely N-dealkylation sites (tertiary alicyclic amines) is 1. The van der Waals surface area contributed by atoms with Crippen molar-refractivity contribution in [2.45, 2.75) is 51.7 Å². The van der Waals surface area contributed by atoms with Crippen LogP contribution in [0, 0.1) is 5.92 Å². The summed E-state index contributed by atoms with van der Waals surface area (Å²) in [5, 5.41) is 9.82. The van der Waals surface area contributed by atoms with Gasteiger partial charge in [0.25, 0.3) is 5.91 Å². The Labute approximate surface area is 104 Å². The lowest BCUT2D eigenvalue weighted by atomic mass is 9.90. The Bertz CT molecular complexity index is 263. The van der Waals surface area contributed by atoms with Crippen molar-refractivity contribution in [1.29, 1.82) is 0 Å².